The van der Waals surface area contributed by atoms with Gasteiger partial charge in [0, 0.05) is 11.6 Å². The number of sulfonamides is 1. The normalized spacial score (nSPS) is 16.6. The molecule has 3 rings (SSSR count). The average Bonchev–Trinajstić information content (AvgIpc) is 2.75. The highest BCUT2D eigenvalue weighted by Crippen LogP contribution is 2.43. The Morgan fingerprint density at radius 1 is 1.07 bits per heavy atom. The van der Waals surface area contributed by atoms with Crippen LogP contribution in [0.4, 0.5) is 8.78 Å². The summed E-state index contributed by atoms with van der Waals surface area (Å²) in [5, 5.41) is 5.03. The van der Waals surface area contributed by atoms with E-state index in [1.165, 1.54) is 26.0 Å². The molecule has 0 aromatic heterocycles. The Labute approximate surface area is 159 Å². The molecule has 0 saturated heterocycles. The van der Waals surface area contributed by atoms with Crippen LogP contribution >= 0.6 is 11.6 Å². The van der Waals surface area contributed by atoms with E-state index in [9.17, 15) is 22.0 Å². The number of benzene rings is 2. The highest BCUT2D eigenvalue weighted by molar-refractivity contribution is 7.89. The van der Waals surface area contributed by atoms with Gasteiger partial charge < -0.3 is 4.74 Å². The third kappa shape index (κ3) is 3.60. The van der Waals surface area contributed by atoms with Gasteiger partial charge in [-0.05, 0) is 49.7 Å². The van der Waals surface area contributed by atoms with Gasteiger partial charge in [-0.2, -0.15) is 0 Å². The van der Waals surface area contributed by atoms with Crippen molar-refractivity contribution in [1.29, 1.82) is 0 Å². The van der Waals surface area contributed by atoms with E-state index in [1.807, 2.05) is 0 Å². The van der Waals surface area contributed by atoms with E-state index in [0.717, 1.165) is 18.2 Å². The molecule has 1 aliphatic heterocycles. The van der Waals surface area contributed by atoms with Gasteiger partial charge in [0.05, 0.1) is 15.5 Å². The molecular weight excluding hydrogens is 400 g/mol. The van der Waals surface area contributed by atoms with Crippen LogP contribution in [0.15, 0.2) is 41.3 Å². The molecule has 0 spiro atoms. The molecule has 0 bridgehead atoms. The summed E-state index contributed by atoms with van der Waals surface area (Å²) >= 11 is 6.18. The van der Waals surface area contributed by atoms with Crippen LogP contribution in [-0.2, 0) is 19.6 Å². The van der Waals surface area contributed by atoms with Crippen molar-refractivity contribution in [1.82, 2.24) is 0 Å². The third-order valence-corrected chi connectivity index (χ3v) is 5.25. The van der Waals surface area contributed by atoms with Crippen LogP contribution in [0.2, 0.25) is 5.02 Å². The summed E-state index contributed by atoms with van der Waals surface area (Å²) in [5.41, 5.74) is -1.16. The number of primary sulfonamides is 1. The van der Waals surface area contributed by atoms with Crippen molar-refractivity contribution < 1.29 is 26.7 Å². The first kappa shape index (κ1) is 19.5. The Kier molecular flexibility index (Phi) is 4.62. The summed E-state index contributed by atoms with van der Waals surface area (Å²) in [7, 11) is -3.98. The quantitative estimate of drug-likeness (QED) is 0.834. The highest BCUT2D eigenvalue weighted by Gasteiger charge is 2.43. The Morgan fingerprint density at radius 2 is 1.67 bits per heavy atom. The van der Waals surface area contributed by atoms with Gasteiger partial charge in [0.15, 0.2) is 5.60 Å². The van der Waals surface area contributed by atoms with Gasteiger partial charge in [0.2, 0.25) is 15.8 Å². The molecule has 2 N–H and O–H groups in total. The number of rotatable bonds is 3. The zero-order valence-corrected chi connectivity index (χ0v) is 15.8. The van der Waals surface area contributed by atoms with Crippen molar-refractivity contribution in [2.75, 3.05) is 0 Å². The Morgan fingerprint density at radius 3 is 2.19 bits per heavy atom. The standard InChI is InChI=1S/C18H14ClF2NO4S/c1-18(2)17(23)15(9-5-10(20)7-11(21)6-9)16(26-18)13-4-3-12(8-14(13)19)27(22,24)25/h3-8H,1-2H3,(H2,22,24,25). The number of ketones is 1. The number of hydrogen-bond acceptors (Lipinski definition) is 4. The van der Waals surface area contributed by atoms with Crippen molar-refractivity contribution in [2.45, 2.75) is 24.3 Å². The molecule has 0 amide bonds. The van der Waals surface area contributed by atoms with Crippen molar-refractivity contribution >= 4 is 38.7 Å². The van der Waals surface area contributed by atoms with Crippen molar-refractivity contribution in [2.24, 2.45) is 5.14 Å². The number of nitrogens with two attached hydrogens (primary N) is 1. The Hall–Kier alpha value is -2.29. The van der Waals surface area contributed by atoms with Crippen LogP contribution < -0.4 is 5.14 Å². The van der Waals surface area contributed by atoms with Crippen LogP contribution in [-0.4, -0.2) is 19.8 Å². The number of hydrogen-bond donors (Lipinski definition) is 1. The van der Waals surface area contributed by atoms with Crippen LogP contribution in [0.25, 0.3) is 11.3 Å². The van der Waals surface area contributed by atoms with Gasteiger partial charge in [-0.15, -0.1) is 0 Å². The number of Topliss-reactive ketones (excluding diaryl/α,β-unsaturated/α-hetero) is 1. The van der Waals surface area contributed by atoms with E-state index in [0.29, 0.717) is 6.07 Å². The van der Waals surface area contributed by atoms with E-state index in [4.69, 9.17) is 21.5 Å². The fourth-order valence-electron chi connectivity index (χ4n) is 2.76. The molecule has 142 valence electrons. The fourth-order valence-corrected chi connectivity index (χ4v) is 3.63. The number of carbonyl (C=O) groups excluding carboxylic acids is 1. The topological polar surface area (TPSA) is 86.5 Å². The van der Waals surface area contributed by atoms with Gasteiger partial charge in [-0.25, -0.2) is 22.3 Å². The lowest BCUT2D eigenvalue weighted by Crippen LogP contribution is -2.29. The molecule has 5 nitrogen and oxygen atoms in total. The zero-order valence-electron chi connectivity index (χ0n) is 14.2. The number of ether oxygens (including phenoxy) is 1. The summed E-state index contributed by atoms with van der Waals surface area (Å²) in [6.07, 6.45) is 0. The first-order valence-corrected chi connectivity index (χ1v) is 9.60. The molecule has 0 atom stereocenters. The molecule has 27 heavy (non-hydrogen) atoms. The zero-order chi connectivity index (χ0) is 20.1. The molecule has 1 heterocycles. The Balaban J connectivity index is 2.26. The maximum Gasteiger partial charge on any atom is 0.238 e. The second-order valence-electron chi connectivity index (χ2n) is 6.49. The molecule has 0 unspecified atom stereocenters. The monoisotopic (exact) mass is 413 g/mol. The van der Waals surface area contributed by atoms with Gasteiger partial charge >= 0.3 is 0 Å². The maximum atomic E-state index is 13.7. The lowest BCUT2D eigenvalue weighted by atomic mass is 9.92. The SMILES string of the molecule is CC1(C)OC(c2ccc(S(N)(=O)=O)cc2Cl)=C(c2cc(F)cc(F)c2)C1=O. The van der Waals surface area contributed by atoms with Gasteiger partial charge in [0.1, 0.15) is 17.4 Å². The van der Waals surface area contributed by atoms with E-state index < -0.39 is 33.0 Å². The van der Waals surface area contributed by atoms with E-state index in [1.54, 1.807) is 0 Å². The van der Waals surface area contributed by atoms with Crippen LogP contribution in [0.1, 0.15) is 25.0 Å². The van der Waals surface area contributed by atoms with Gasteiger partial charge in [-0.1, -0.05) is 11.6 Å². The van der Waals surface area contributed by atoms with Gasteiger partial charge in [-0.3, -0.25) is 4.79 Å². The predicted octanol–water partition coefficient (Wildman–Crippen LogP) is 3.51. The predicted molar refractivity (Wildman–Crippen MR) is 96.2 cm³/mol. The van der Waals surface area contributed by atoms with Crippen LogP contribution in [0, 0.1) is 11.6 Å². The first-order chi connectivity index (χ1) is 12.4. The van der Waals surface area contributed by atoms with E-state index in [-0.39, 0.29) is 32.4 Å². The summed E-state index contributed by atoms with van der Waals surface area (Å²) in [6.45, 7) is 3.01. The van der Waals surface area contributed by atoms with Crippen LogP contribution in [0.5, 0.6) is 0 Å². The minimum Gasteiger partial charge on any atom is -0.478 e. The minimum absolute atomic E-state index is 0.000898. The summed E-state index contributed by atoms with van der Waals surface area (Å²) in [5.74, 6) is -2.20. The van der Waals surface area contributed by atoms with Crippen molar-refractivity contribution in [3.8, 4) is 0 Å². The smallest absolute Gasteiger partial charge is 0.238 e. The maximum absolute atomic E-state index is 13.7. The van der Waals surface area contributed by atoms with E-state index >= 15 is 0 Å². The number of halogens is 3. The molecule has 1 aliphatic rings. The average molecular weight is 414 g/mol. The first-order valence-electron chi connectivity index (χ1n) is 7.67. The van der Waals surface area contributed by atoms with Crippen molar-refractivity contribution in [3.63, 3.8) is 0 Å². The van der Waals surface area contributed by atoms with E-state index in [2.05, 4.69) is 0 Å². The number of carbonyl (C=O) groups is 1. The summed E-state index contributed by atoms with van der Waals surface area (Å²) in [6, 6.07) is 6.33. The minimum atomic E-state index is -3.98. The highest BCUT2D eigenvalue weighted by atomic mass is 35.5. The summed E-state index contributed by atoms with van der Waals surface area (Å²) in [4.78, 5) is 12.6. The molecule has 2 aromatic carbocycles. The third-order valence-electron chi connectivity index (χ3n) is 4.02. The molecule has 0 aliphatic carbocycles. The second kappa shape index (κ2) is 6.40. The lowest BCUT2D eigenvalue weighted by molar-refractivity contribution is -0.125. The molecule has 0 saturated carbocycles. The second-order valence-corrected chi connectivity index (χ2v) is 8.46. The fraction of sp³-hybridized carbons (Fsp3) is 0.167. The Bertz CT molecular complexity index is 1090. The molecule has 0 fully saturated rings. The molecule has 9 heteroatoms. The van der Waals surface area contributed by atoms with Crippen molar-refractivity contribution in [3.05, 3.63) is 64.2 Å². The molecule has 0 radical (unpaired) electrons. The molecule has 2 aromatic rings. The largest absolute Gasteiger partial charge is 0.478 e. The summed E-state index contributed by atoms with van der Waals surface area (Å²) < 4.78 is 56.0. The lowest BCUT2D eigenvalue weighted by Gasteiger charge is -2.18. The molecular formula is C18H14ClF2NO4S. The van der Waals surface area contributed by atoms with Crippen LogP contribution in [0.3, 0.4) is 0 Å². The van der Waals surface area contributed by atoms with Gasteiger partial charge in [0.25, 0.3) is 0 Å².